The zero-order valence-corrected chi connectivity index (χ0v) is 10.7. The number of carbonyl (C=O) groups is 1. The Labute approximate surface area is 98.5 Å². The van der Waals surface area contributed by atoms with Crippen LogP contribution in [0.25, 0.3) is 0 Å². The van der Waals surface area contributed by atoms with Crippen molar-refractivity contribution >= 4 is 5.91 Å². The lowest BCUT2D eigenvalue weighted by Crippen LogP contribution is -2.47. The summed E-state index contributed by atoms with van der Waals surface area (Å²) in [7, 11) is 1.83. The topological polar surface area (TPSA) is 32.8 Å². The minimum absolute atomic E-state index is 0.106. The summed E-state index contributed by atoms with van der Waals surface area (Å²) in [5.74, 6) is 0.106. The standard InChI is InChI=1S/C12H24N2O2/c1-4-5-6-14-7-8-16-12(10-14)9-13(3)11(2)15/h12H,4-10H2,1-3H3/t12-/m1/s1. The van der Waals surface area contributed by atoms with Crippen molar-refractivity contribution in [3.63, 3.8) is 0 Å². The minimum atomic E-state index is 0.106. The van der Waals surface area contributed by atoms with E-state index in [0.717, 1.165) is 26.2 Å². The number of hydrogen-bond donors (Lipinski definition) is 0. The van der Waals surface area contributed by atoms with E-state index in [-0.39, 0.29) is 12.0 Å². The fourth-order valence-corrected chi connectivity index (χ4v) is 1.91. The Morgan fingerprint density at radius 1 is 1.56 bits per heavy atom. The molecule has 16 heavy (non-hydrogen) atoms. The Morgan fingerprint density at radius 2 is 2.31 bits per heavy atom. The second kappa shape index (κ2) is 6.86. The number of morpholine rings is 1. The first-order chi connectivity index (χ1) is 7.63. The van der Waals surface area contributed by atoms with Gasteiger partial charge in [0.2, 0.25) is 5.91 Å². The first-order valence-corrected chi connectivity index (χ1v) is 6.19. The summed E-state index contributed by atoms with van der Waals surface area (Å²) in [4.78, 5) is 15.3. The molecule has 0 radical (unpaired) electrons. The quantitative estimate of drug-likeness (QED) is 0.703. The molecule has 4 nitrogen and oxygen atoms in total. The van der Waals surface area contributed by atoms with Crippen molar-refractivity contribution in [1.82, 2.24) is 9.80 Å². The van der Waals surface area contributed by atoms with E-state index in [9.17, 15) is 4.79 Å². The van der Waals surface area contributed by atoms with Gasteiger partial charge in [0.15, 0.2) is 0 Å². The molecule has 1 aliphatic rings. The fraction of sp³-hybridized carbons (Fsp3) is 0.917. The van der Waals surface area contributed by atoms with Gasteiger partial charge >= 0.3 is 0 Å². The number of likely N-dealkylation sites (N-methyl/N-ethyl adjacent to an activating group) is 1. The highest BCUT2D eigenvalue weighted by molar-refractivity contribution is 5.72. The molecule has 1 saturated heterocycles. The molecule has 1 atom stereocenters. The fourth-order valence-electron chi connectivity index (χ4n) is 1.91. The SMILES string of the molecule is CCCCN1CCO[C@H](CN(C)C(C)=O)C1. The molecule has 0 aliphatic carbocycles. The van der Waals surface area contributed by atoms with Crippen LogP contribution in [0.3, 0.4) is 0 Å². The molecule has 0 saturated carbocycles. The molecule has 1 amide bonds. The molecule has 94 valence electrons. The van der Waals surface area contributed by atoms with E-state index in [1.165, 1.54) is 12.8 Å². The van der Waals surface area contributed by atoms with Crippen molar-refractivity contribution in [3.05, 3.63) is 0 Å². The second-order valence-electron chi connectivity index (χ2n) is 4.55. The van der Waals surface area contributed by atoms with Gasteiger partial charge in [-0.05, 0) is 13.0 Å². The molecule has 1 rings (SSSR count). The van der Waals surface area contributed by atoms with Crippen molar-refractivity contribution in [2.75, 3.05) is 39.8 Å². The predicted octanol–water partition coefficient (Wildman–Crippen LogP) is 0.966. The van der Waals surface area contributed by atoms with Gasteiger partial charge in [-0.25, -0.2) is 0 Å². The van der Waals surface area contributed by atoms with Crippen LogP contribution in [0.15, 0.2) is 0 Å². The zero-order chi connectivity index (χ0) is 12.0. The summed E-state index contributed by atoms with van der Waals surface area (Å²) in [6.45, 7) is 8.44. The molecule has 0 aromatic heterocycles. The van der Waals surface area contributed by atoms with Crippen LogP contribution in [-0.2, 0) is 9.53 Å². The Kier molecular flexibility index (Phi) is 5.77. The minimum Gasteiger partial charge on any atom is -0.374 e. The number of amides is 1. The summed E-state index contributed by atoms with van der Waals surface area (Å²) in [6, 6.07) is 0. The Balaban J connectivity index is 2.29. The van der Waals surface area contributed by atoms with E-state index in [2.05, 4.69) is 11.8 Å². The number of carbonyl (C=O) groups excluding carboxylic acids is 1. The normalized spacial score (nSPS) is 22.1. The highest BCUT2D eigenvalue weighted by Crippen LogP contribution is 2.07. The van der Waals surface area contributed by atoms with Gasteiger partial charge in [0.05, 0.1) is 12.7 Å². The third-order valence-corrected chi connectivity index (χ3v) is 3.07. The van der Waals surface area contributed by atoms with E-state index in [1.807, 2.05) is 7.05 Å². The number of unbranched alkanes of at least 4 members (excludes halogenated alkanes) is 1. The van der Waals surface area contributed by atoms with E-state index in [1.54, 1.807) is 11.8 Å². The molecule has 0 unspecified atom stereocenters. The van der Waals surface area contributed by atoms with Crippen LogP contribution < -0.4 is 0 Å². The third-order valence-electron chi connectivity index (χ3n) is 3.07. The van der Waals surface area contributed by atoms with E-state index < -0.39 is 0 Å². The lowest BCUT2D eigenvalue weighted by Gasteiger charge is -2.34. The Bertz CT molecular complexity index is 221. The third kappa shape index (κ3) is 4.49. The lowest BCUT2D eigenvalue weighted by molar-refractivity contribution is -0.130. The van der Waals surface area contributed by atoms with E-state index >= 15 is 0 Å². The molecule has 1 heterocycles. The maximum atomic E-state index is 11.1. The molecule has 0 spiro atoms. The molecular formula is C12H24N2O2. The van der Waals surface area contributed by atoms with Crippen molar-refractivity contribution in [2.45, 2.75) is 32.8 Å². The maximum absolute atomic E-state index is 11.1. The molecular weight excluding hydrogens is 204 g/mol. The van der Waals surface area contributed by atoms with Gasteiger partial charge in [0.1, 0.15) is 0 Å². The average Bonchev–Trinajstić information content (AvgIpc) is 2.26. The van der Waals surface area contributed by atoms with Crippen molar-refractivity contribution in [3.8, 4) is 0 Å². The average molecular weight is 228 g/mol. The summed E-state index contributed by atoms with van der Waals surface area (Å²) in [5.41, 5.74) is 0. The van der Waals surface area contributed by atoms with E-state index in [0.29, 0.717) is 6.54 Å². The second-order valence-corrected chi connectivity index (χ2v) is 4.55. The Hall–Kier alpha value is -0.610. The largest absolute Gasteiger partial charge is 0.374 e. The summed E-state index contributed by atoms with van der Waals surface area (Å²) >= 11 is 0. The highest BCUT2D eigenvalue weighted by Gasteiger charge is 2.21. The van der Waals surface area contributed by atoms with Crippen LogP contribution in [0.4, 0.5) is 0 Å². The summed E-state index contributed by atoms with van der Waals surface area (Å²) in [5, 5.41) is 0. The van der Waals surface area contributed by atoms with Crippen molar-refractivity contribution in [2.24, 2.45) is 0 Å². The van der Waals surface area contributed by atoms with Gasteiger partial charge in [-0.15, -0.1) is 0 Å². The van der Waals surface area contributed by atoms with Gasteiger partial charge in [0.25, 0.3) is 0 Å². The van der Waals surface area contributed by atoms with Crippen LogP contribution in [0.2, 0.25) is 0 Å². The van der Waals surface area contributed by atoms with Crippen LogP contribution in [0, 0.1) is 0 Å². The lowest BCUT2D eigenvalue weighted by atomic mass is 10.2. The van der Waals surface area contributed by atoms with Gasteiger partial charge in [-0.3, -0.25) is 9.69 Å². The van der Waals surface area contributed by atoms with Crippen LogP contribution in [0.1, 0.15) is 26.7 Å². The van der Waals surface area contributed by atoms with Crippen molar-refractivity contribution in [1.29, 1.82) is 0 Å². The van der Waals surface area contributed by atoms with Gasteiger partial charge in [0, 0.05) is 33.6 Å². The van der Waals surface area contributed by atoms with Gasteiger partial charge < -0.3 is 9.64 Å². The van der Waals surface area contributed by atoms with Crippen LogP contribution in [-0.4, -0.2) is 61.6 Å². The highest BCUT2D eigenvalue weighted by atomic mass is 16.5. The molecule has 0 aromatic rings. The van der Waals surface area contributed by atoms with Gasteiger partial charge in [-0.1, -0.05) is 13.3 Å². The predicted molar refractivity (Wildman–Crippen MR) is 64.4 cm³/mol. The summed E-state index contributed by atoms with van der Waals surface area (Å²) in [6.07, 6.45) is 2.66. The van der Waals surface area contributed by atoms with Crippen molar-refractivity contribution < 1.29 is 9.53 Å². The maximum Gasteiger partial charge on any atom is 0.219 e. The number of nitrogens with zero attached hydrogens (tertiary/aromatic N) is 2. The monoisotopic (exact) mass is 228 g/mol. The molecule has 0 aromatic carbocycles. The molecule has 4 heteroatoms. The number of rotatable bonds is 5. The first kappa shape index (κ1) is 13.5. The molecule has 1 aliphatic heterocycles. The molecule has 0 N–H and O–H groups in total. The van der Waals surface area contributed by atoms with Gasteiger partial charge in [-0.2, -0.15) is 0 Å². The first-order valence-electron chi connectivity index (χ1n) is 6.19. The zero-order valence-electron chi connectivity index (χ0n) is 10.7. The number of ether oxygens (including phenoxy) is 1. The molecule has 0 bridgehead atoms. The summed E-state index contributed by atoms with van der Waals surface area (Å²) < 4.78 is 5.67. The number of hydrogen-bond acceptors (Lipinski definition) is 3. The molecule has 1 fully saturated rings. The van der Waals surface area contributed by atoms with Crippen LogP contribution >= 0.6 is 0 Å². The smallest absolute Gasteiger partial charge is 0.219 e. The van der Waals surface area contributed by atoms with E-state index in [4.69, 9.17) is 4.74 Å². The van der Waals surface area contributed by atoms with Crippen LogP contribution in [0.5, 0.6) is 0 Å². The Morgan fingerprint density at radius 3 is 2.94 bits per heavy atom.